The zero-order valence-corrected chi connectivity index (χ0v) is 20.8. The number of amides is 1. The van der Waals surface area contributed by atoms with Crippen molar-refractivity contribution in [3.05, 3.63) is 106 Å². The SMILES string of the molecule is CCCCCCn1c(=O)c(C(=O)Nc2ccc(C(=O)OCc3ccccc3)cc2)c(O)c2ccccc21. The molecule has 4 aromatic rings. The molecule has 1 amide bonds. The van der Waals surface area contributed by atoms with Gasteiger partial charge < -0.3 is 19.7 Å². The lowest BCUT2D eigenvalue weighted by Crippen LogP contribution is -2.30. The van der Waals surface area contributed by atoms with E-state index in [9.17, 15) is 19.5 Å². The monoisotopic (exact) mass is 498 g/mol. The molecule has 1 aromatic heterocycles. The summed E-state index contributed by atoms with van der Waals surface area (Å²) >= 11 is 0. The van der Waals surface area contributed by atoms with Crippen LogP contribution in [-0.4, -0.2) is 21.6 Å². The summed E-state index contributed by atoms with van der Waals surface area (Å²) in [6.07, 6.45) is 3.90. The first-order valence-corrected chi connectivity index (χ1v) is 12.5. The molecule has 0 aliphatic rings. The van der Waals surface area contributed by atoms with Crippen LogP contribution in [0.2, 0.25) is 0 Å². The van der Waals surface area contributed by atoms with Gasteiger partial charge in [-0.2, -0.15) is 0 Å². The maximum atomic E-state index is 13.3. The highest BCUT2D eigenvalue weighted by Crippen LogP contribution is 2.27. The van der Waals surface area contributed by atoms with E-state index in [1.807, 2.05) is 30.3 Å². The lowest BCUT2D eigenvalue weighted by molar-refractivity contribution is 0.0472. The summed E-state index contributed by atoms with van der Waals surface area (Å²) in [7, 11) is 0. The predicted molar refractivity (Wildman–Crippen MR) is 144 cm³/mol. The quantitative estimate of drug-likeness (QED) is 0.210. The minimum atomic E-state index is -0.713. The number of hydrogen-bond acceptors (Lipinski definition) is 5. The second-order valence-corrected chi connectivity index (χ2v) is 8.85. The van der Waals surface area contributed by atoms with Gasteiger partial charge in [0, 0.05) is 17.6 Å². The number of nitrogens with one attached hydrogen (secondary N) is 1. The van der Waals surface area contributed by atoms with Gasteiger partial charge in [-0.3, -0.25) is 9.59 Å². The normalized spacial score (nSPS) is 10.8. The first-order chi connectivity index (χ1) is 18.0. The molecule has 37 heavy (non-hydrogen) atoms. The topological polar surface area (TPSA) is 97.6 Å². The molecule has 4 rings (SSSR count). The van der Waals surface area contributed by atoms with E-state index in [4.69, 9.17) is 4.74 Å². The van der Waals surface area contributed by atoms with E-state index >= 15 is 0 Å². The van der Waals surface area contributed by atoms with Crippen LogP contribution in [0.3, 0.4) is 0 Å². The summed E-state index contributed by atoms with van der Waals surface area (Å²) < 4.78 is 6.89. The third kappa shape index (κ3) is 6.06. The Kier molecular flexibility index (Phi) is 8.36. The Bertz CT molecular complexity index is 1440. The molecule has 0 aliphatic carbocycles. The van der Waals surface area contributed by atoms with Gasteiger partial charge in [0.05, 0.1) is 11.1 Å². The number of aryl methyl sites for hydroxylation is 1. The second kappa shape index (κ2) is 12.0. The average molecular weight is 499 g/mol. The maximum Gasteiger partial charge on any atom is 0.338 e. The molecular weight excluding hydrogens is 468 g/mol. The first-order valence-electron chi connectivity index (χ1n) is 12.5. The van der Waals surface area contributed by atoms with Crippen molar-refractivity contribution in [3.8, 4) is 5.75 Å². The molecule has 7 heteroatoms. The fourth-order valence-corrected chi connectivity index (χ4v) is 4.20. The number of nitrogens with zero attached hydrogens (tertiary/aromatic N) is 1. The molecule has 0 spiro atoms. The summed E-state index contributed by atoms with van der Waals surface area (Å²) in [6.45, 7) is 2.73. The number of fused-ring (bicyclic) bond motifs is 1. The van der Waals surface area contributed by atoms with Gasteiger partial charge in [-0.25, -0.2) is 4.79 Å². The van der Waals surface area contributed by atoms with Gasteiger partial charge in [0.15, 0.2) is 0 Å². The highest BCUT2D eigenvalue weighted by atomic mass is 16.5. The van der Waals surface area contributed by atoms with Crippen LogP contribution in [-0.2, 0) is 17.9 Å². The third-order valence-electron chi connectivity index (χ3n) is 6.20. The number of rotatable bonds is 10. The van der Waals surface area contributed by atoms with Gasteiger partial charge in [0.25, 0.3) is 11.5 Å². The number of esters is 1. The molecule has 0 bridgehead atoms. The van der Waals surface area contributed by atoms with E-state index in [1.54, 1.807) is 41.0 Å². The Hall–Kier alpha value is -4.39. The molecule has 2 N–H and O–H groups in total. The fourth-order valence-electron chi connectivity index (χ4n) is 4.20. The highest BCUT2D eigenvalue weighted by Gasteiger charge is 2.22. The predicted octanol–water partition coefficient (Wildman–Crippen LogP) is 5.90. The molecule has 0 saturated heterocycles. The summed E-state index contributed by atoms with van der Waals surface area (Å²) in [5.74, 6) is -1.54. The molecular formula is C30H30N2O5. The first kappa shape index (κ1) is 25.7. The molecule has 0 radical (unpaired) electrons. The van der Waals surface area contributed by atoms with Crippen molar-refractivity contribution in [2.45, 2.75) is 45.8 Å². The Morgan fingerprint density at radius 2 is 1.59 bits per heavy atom. The lowest BCUT2D eigenvalue weighted by Gasteiger charge is -2.15. The van der Waals surface area contributed by atoms with Crippen LogP contribution < -0.4 is 10.9 Å². The number of aromatic nitrogens is 1. The number of unbranched alkanes of at least 4 members (excludes halogenated alkanes) is 3. The summed E-state index contributed by atoms with van der Waals surface area (Å²) in [6, 6.07) is 22.6. The molecule has 0 saturated carbocycles. The molecule has 0 fully saturated rings. The van der Waals surface area contributed by atoms with Crippen molar-refractivity contribution < 1.29 is 19.4 Å². The number of pyridine rings is 1. The molecule has 190 valence electrons. The zero-order valence-electron chi connectivity index (χ0n) is 20.8. The van der Waals surface area contributed by atoms with Crippen molar-refractivity contribution in [2.75, 3.05) is 5.32 Å². The van der Waals surface area contributed by atoms with Crippen molar-refractivity contribution in [1.29, 1.82) is 0 Å². The number of aromatic hydroxyl groups is 1. The fraction of sp³-hybridized carbons (Fsp3) is 0.233. The number of carbonyl (C=O) groups is 2. The maximum absolute atomic E-state index is 13.3. The molecule has 0 unspecified atom stereocenters. The van der Waals surface area contributed by atoms with Crippen LogP contribution in [0.5, 0.6) is 5.75 Å². The number of para-hydroxylation sites is 1. The van der Waals surface area contributed by atoms with Crippen LogP contribution in [0, 0.1) is 0 Å². The Morgan fingerprint density at radius 3 is 2.32 bits per heavy atom. The number of anilines is 1. The van der Waals surface area contributed by atoms with Crippen LogP contribution in [0.1, 0.15) is 58.9 Å². The van der Waals surface area contributed by atoms with E-state index in [1.165, 1.54) is 12.1 Å². The summed E-state index contributed by atoms with van der Waals surface area (Å²) in [5, 5.41) is 14.0. The van der Waals surface area contributed by atoms with Gasteiger partial charge in [0.1, 0.15) is 17.9 Å². The van der Waals surface area contributed by atoms with Crippen molar-refractivity contribution >= 4 is 28.5 Å². The van der Waals surface area contributed by atoms with Gasteiger partial charge in [-0.15, -0.1) is 0 Å². The van der Waals surface area contributed by atoms with Crippen LogP contribution >= 0.6 is 0 Å². The van der Waals surface area contributed by atoms with Crippen molar-refractivity contribution in [1.82, 2.24) is 4.57 Å². The van der Waals surface area contributed by atoms with Crippen molar-refractivity contribution in [2.24, 2.45) is 0 Å². The van der Waals surface area contributed by atoms with E-state index < -0.39 is 17.4 Å². The van der Waals surface area contributed by atoms with Gasteiger partial charge in [-0.05, 0) is 48.4 Å². The number of hydrogen-bond donors (Lipinski definition) is 2. The minimum absolute atomic E-state index is 0.157. The lowest BCUT2D eigenvalue weighted by atomic mass is 10.1. The van der Waals surface area contributed by atoms with Crippen molar-refractivity contribution in [3.63, 3.8) is 0 Å². The Balaban J connectivity index is 1.51. The Labute approximate surface area is 215 Å². The standard InChI is InChI=1S/C30H30N2O5/c1-2-3-4-10-19-32-25-14-9-8-13-24(25)27(33)26(29(32)35)28(34)31-23-17-15-22(16-18-23)30(36)37-20-21-11-6-5-7-12-21/h5-9,11-18,33H,2-4,10,19-20H2,1H3,(H,31,34). The third-order valence-corrected chi connectivity index (χ3v) is 6.20. The molecule has 7 nitrogen and oxygen atoms in total. The number of ether oxygens (including phenoxy) is 1. The number of carbonyl (C=O) groups excluding carboxylic acids is 2. The highest BCUT2D eigenvalue weighted by molar-refractivity contribution is 6.09. The minimum Gasteiger partial charge on any atom is -0.506 e. The largest absolute Gasteiger partial charge is 0.506 e. The van der Waals surface area contributed by atoms with E-state index in [0.717, 1.165) is 31.2 Å². The van der Waals surface area contributed by atoms with Crippen LogP contribution in [0.25, 0.3) is 10.9 Å². The van der Waals surface area contributed by atoms with Gasteiger partial charge >= 0.3 is 5.97 Å². The van der Waals surface area contributed by atoms with E-state index in [-0.39, 0.29) is 17.9 Å². The van der Waals surface area contributed by atoms with E-state index in [2.05, 4.69) is 12.2 Å². The Morgan fingerprint density at radius 1 is 0.892 bits per heavy atom. The number of benzene rings is 3. The van der Waals surface area contributed by atoms with Gasteiger partial charge in [-0.1, -0.05) is 68.7 Å². The average Bonchev–Trinajstić information content (AvgIpc) is 2.92. The zero-order chi connectivity index (χ0) is 26.2. The molecule has 1 heterocycles. The van der Waals surface area contributed by atoms with Crippen LogP contribution in [0.15, 0.2) is 83.7 Å². The molecule has 0 atom stereocenters. The smallest absolute Gasteiger partial charge is 0.338 e. The molecule has 3 aromatic carbocycles. The van der Waals surface area contributed by atoms with Gasteiger partial charge in [0.2, 0.25) is 0 Å². The van der Waals surface area contributed by atoms with Crippen LogP contribution in [0.4, 0.5) is 5.69 Å². The molecule has 0 aliphatic heterocycles. The second-order valence-electron chi connectivity index (χ2n) is 8.85. The summed E-state index contributed by atoms with van der Waals surface area (Å²) in [5.41, 5.74) is 1.34. The summed E-state index contributed by atoms with van der Waals surface area (Å²) in [4.78, 5) is 38.8. The van der Waals surface area contributed by atoms with E-state index in [0.29, 0.717) is 28.7 Å².